The molecule has 41 heavy (non-hydrogen) atoms. The van der Waals surface area contributed by atoms with Crippen molar-refractivity contribution in [2.24, 2.45) is 0 Å². The van der Waals surface area contributed by atoms with Crippen molar-refractivity contribution in [3.05, 3.63) is 91.7 Å². The number of pyridine rings is 1. The monoisotopic (exact) mass is 590 g/mol. The fourth-order valence-electron chi connectivity index (χ4n) is 5.27. The van der Waals surface area contributed by atoms with Gasteiger partial charge in [0.25, 0.3) is 11.5 Å². The van der Waals surface area contributed by atoms with E-state index in [1.165, 1.54) is 11.3 Å². The Morgan fingerprint density at radius 3 is 2.44 bits per heavy atom. The molecule has 1 aliphatic rings. The van der Waals surface area contributed by atoms with Crippen molar-refractivity contribution >= 4 is 34.8 Å². The second-order valence-electron chi connectivity index (χ2n) is 9.97. The highest BCUT2D eigenvalue weighted by Crippen LogP contribution is 2.31. The number of amides is 1. The number of carbonyl (C=O) groups excluding carboxylic acids is 1. The maximum Gasteiger partial charge on any atom is 0.322 e. The van der Waals surface area contributed by atoms with Crippen LogP contribution in [0, 0.1) is 6.92 Å². The smallest absolute Gasteiger partial charge is 0.322 e. The lowest BCUT2D eigenvalue weighted by molar-refractivity contribution is -0.140. The van der Waals surface area contributed by atoms with Gasteiger partial charge in [-0.3, -0.25) is 19.0 Å². The minimum Gasteiger partial charge on any atom is -0.480 e. The average Bonchev–Trinajstić information content (AvgIpc) is 3.47. The number of carboxylic acids is 1. The highest BCUT2D eigenvalue weighted by atomic mass is 35.5. The molecule has 8 nitrogen and oxygen atoms in total. The van der Waals surface area contributed by atoms with Gasteiger partial charge in [0.1, 0.15) is 11.0 Å². The van der Waals surface area contributed by atoms with Crippen molar-refractivity contribution in [2.45, 2.75) is 39.7 Å². The van der Waals surface area contributed by atoms with Gasteiger partial charge in [-0.2, -0.15) is 0 Å². The number of para-hydroxylation sites is 1. The summed E-state index contributed by atoms with van der Waals surface area (Å²) in [4.78, 5) is 46.3. The summed E-state index contributed by atoms with van der Waals surface area (Å²) in [5.41, 5.74) is 5.28. The molecule has 0 bridgehead atoms. The lowest BCUT2D eigenvalue weighted by Gasteiger charge is -2.32. The third-order valence-corrected chi connectivity index (χ3v) is 8.63. The van der Waals surface area contributed by atoms with Crippen LogP contribution in [0.3, 0.4) is 0 Å². The van der Waals surface area contributed by atoms with E-state index in [2.05, 4.69) is 5.32 Å². The molecule has 5 rings (SSSR count). The molecule has 2 N–H and O–H groups in total. The van der Waals surface area contributed by atoms with Crippen LogP contribution < -0.4 is 10.9 Å². The van der Waals surface area contributed by atoms with E-state index in [-0.39, 0.29) is 18.0 Å². The van der Waals surface area contributed by atoms with Gasteiger partial charge >= 0.3 is 5.97 Å². The van der Waals surface area contributed by atoms with Gasteiger partial charge in [-0.1, -0.05) is 55.8 Å². The highest BCUT2D eigenvalue weighted by molar-refractivity contribution is 7.13. The van der Waals surface area contributed by atoms with Gasteiger partial charge in [0.05, 0.1) is 22.5 Å². The minimum atomic E-state index is -1.01. The van der Waals surface area contributed by atoms with Crippen LogP contribution in [0.15, 0.2) is 58.7 Å². The molecule has 0 aliphatic carbocycles. The van der Waals surface area contributed by atoms with E-state index >= 15 is 0 Å². The molecule has 0 saturated carbocycles. The molecule has 1 fully saturated rings. The molecule has 1 amide bonds. The molecule has 212 valence electrons. The Morgan fingerprint density at radius 2 is 1.80 bits per heavy atom. The highest BCUT2D eigenvalue weighted by Gasteiger charge is 2.31. The first-order chi connectivity index (χ1) is 19.7. The predicted octanol–water partition coefficient (Wildman–Crippen LogP) is 5.21. The maximum atomic E-state index is 14.3. The molecule has 1 unspecified atom stereocenters. The average molecular weight is 591 g/mol. The lowest BCUT2D eigenvalue weighted by atomic mass is 10.0. The first-order valence-corrected chi connectivity index (χ1v) is 14.8. The van der Waals surface area contributed by atoms with Crippen LogP contribution in [0.4, 0.5) is 0 Å². The summed E-state index contributed by atoms with van der Waals surface area (Å²) in [5.74, 6) is -1.32. The number of benzene rings is 2. The van der Waals surface area contributed by atoms with Crippen LogP contribution in [0.2, 0.25) is 5.02 Å². The molecule has 2 aromatic heterocycles. The number of halogens is 1. The summed E-state index contributed by atoms with van der Waals surface area (Å²) in [6.07, 6.45) is 1.41. The topological polar surface area (TPSA) is 105 Å². The number of nitrogens with one attached hydrogen (secondary N) is 1. The molecule has 0 radical (unpaired) electrons. The molecule has 1 atom stereocenters. The van der Waals surface area contributed by atoms with Gasteiger partial charge in [0.15, 0.2) is 0 Å². The summed E-state index contributed by atoms with van der Waals surface area (Å²) in [6.45, 7) is 6.62. The maximum absolute atomic E-state index is 14.3. The fourth-order valence-corrected chi connectivity index (χ4v) is 6.23. The van der Waals surface area contributed by atoms with E-state index in [9.17, 15) is 19.5 Å². The van der Waals surface area contributed by atoms with E-state index < -0.39 is 12.0 Å². The molecule has 3 heterocycles. The van der Waals surface area contributed by atoms with Crippen molar-refractivity contribution in [1.82, 2.24) is 19.8 Å². The second kappa shape index (κ2) is 12.0. The van der Waals surface area contributed by atoms with Crippen molar-refractivity contribution in [1.29, 1.82) is 0 Å². The van der Waals surface area contributed by atoms with Crippen LogP contribution in [0.25, 0.3) is 27.5 Å². The Labute approximate surface area is 247 Å². The zero-order valence-electron chi connectivity index (χ0n) is 23.1. The summed E-state index contributed by atoms with van der Waals surface area (Å²) in [5, 5.41) is 15.5. The zero-order valence-corrected chi connectivity index (χ0v) is 24.7. The zero-order chi connectivity index (χ0) is 29.3. The van der Waals surface area contributed by atoms with E-state index in [4.69, 9.17) is 16.6 Å². The normalized spacial score (nSPS) is 15.2. The van der Waals surface area contributed by atoms with Crippen molar-refractivity contribution in [3.8, 4) is 27.5 Å². The summed E-state index contributed by atoms with van der Waals surface area (Å²) >= 11 is 7.40. The van der Waals surface area contributed by atoms with Gasteiger partial charge in [-0.15, -0.1) is 11.3 Å². The van der Waals surface area contributed by atoms with E-state index in [0.717, 1.165) is 22.4 Å². The van der Waals surface area contributed by atoms with E-state index in [0.29, 0.717) is 58.5 Å². The van der Waals surface area contributed by atoms with Crippen molar-refractivity contribution in [3.63, 3.8) is 0 Å². The van der Waals surface area contributed by atoms with Gasteiger partial charge in [-0.25, -0.2) is 4.98 Å². The number of carbonyl (C=O) groups is 2. The number of hydrogen-bond donors (Lipinski definition) is 2. The largest absolute Gasteiger partial charge is 0.480 e. The summed E-state index contributed by atoms with van der Waals surface area (Å²) in [7, 11) is 0. The Balaban J connectivity index is 1.71. The van der Waals surface area contributed by atoms with Gasteiger partial charge < -0.3 is 15.3 Å². The molecule has 1 aliphatic heterocycles. The molecular weight excluding hydrogens is 560 g/mol. The number of rotatable bonds is 7. The fraction of sp³-hybridized carbons (Fsp3) is 0.290. The number of aliphatic carboxylic acids is 1. The van der Waals surface area contributed by atoms with Gasteiger partial charge in [0.2, 0.25) is 0 Å². The summed E-state index contributed by atoms with van der Waals surface area (Å²) < 4.78 is 1.65. The van der Waals surface area contributed by atoms with Crippen molar-refractivity contribution in [2.75, 3.05) is 19.6 Å². The first-order valence-electron chi connectivity index (χ1n) is 13.6. The number of thiazole rings is 1. The molecule has 2 aromatic carbocycles. The Morgan fingerprint density at radius 1 is 1.12 bits per heavy atom. The number of aromatic nitrogens is 2. The van der Waals surface area contributed by atoms with Crippen LogP contribution in [0.5, 0.6) is 0 Å². The quantitative estimate of drug-likeness (QED) is 0.306. The van der Waals surface area contributed by atoms with E-state index in [1.807, 2.05) is 49.6 Å². The molecule has 4 aromatic rings. The number of hydrogen-bond acceptors (Lipinski definition) is 6. The van der Waals surface area contributed by atoms with Crippen molar-refractivity contribution < 1.29 is 14.7 Å². The predicted molar refractivity (Wildman–Crippen MR) is 162 cm³/mol. The standard InChI is InChI=1S/C31H31ClN4O4S/c1-4-19-7-6-8-20(5-2)27(19)36-18(3)23(29(37)35-14-13-33-25(16-35)31(39)40)15-24(30(36)38)28-34-26(17-41-28)21-9-11-22(32)12-10-21/h6-12,15,17,25,33H,4-5,13-14,16H2,1-3H3,(H,39,40). The number of piperazine rings is 1. The van der Waals surface area contributed by atoms with Crippen LogP contribution >= 0.6 is 22.9 Å². The second-order valence-corrected chi connectivity index (χ2v) is 11.3. The Hall–Kier alpha value is -3.79. The molecule has 0 spiro atoms. The first kappa shape index (κ1) is 28.7. The Bertz CT molecular complexity index is 1660. The third kappa shape index (κ3) is 5.57. The third-order valence-electron chi connectivity index (χ3n) is 7.50. The molecule has 1 saturated heterocycles. The van der Waals surface area contributed by atoms with E-state index in [1.54, 1.807) is 34.6 Å². The van der Waals surface area contributed by atoms with Gasteiger partial charge in [0, 0.05) is 41.3 Å². The Kier molecular flexibility index (Phi) is 8.40. The lowest BCUT2D eigenvalue weighted by Crippen LogP contribution is -2.55. The number of aryl methyl sites for hydroxylation is 2. The summed E-state index contributed by atoms with van der Waals surface area (Å²) in [6, 6.07) is 14.1. The molecule has 10 heteroatoms. The number of nitrogens with zero attached hydrogens (tertiary/aromatic N) is 3. The van der Waals surface area contributed by atoms with Crippen LogP contribution in [0.1, 0.15) is 41.0 Å². The number of carboxylic acid groups (broad SMARTS) is 1. The minimum absolute atomic E-state index is 0.0335. The SMILES string of the molecule is CCc1cccc(CC)c1-n1c(C)c(C(=O)N2CCNC(C(=O)O)C2)cc(-c2nc(-c3ccc(Cl)cc3)cs2)c1=O. The van der Waals surface area contributed by atoms with Crippen LogP contribution in [-0.4, -0.2) is 57.1 Å². The van der Waals surface area contributed by atoms with Crippen LogP contribution in [-0.2, 0) is 17.6 Å². The van der Waals surface area contributed by atoms with Gasteiger partial charge in [-0.05, 0) is 49.1 Å². The molecular formula is C31H31ClN4O4S.